The standard InChI is InChI=1S/C5H6NO2/c7-5-3-1-2-4(6-3)8-5/h3-4H,1-2H2. The van der Waals surface area contributed by atoms with Crippen molar-refractivity contribution in [2.45, 2.75) is 25.1 Å². The maximum absolute atomic E-state index is 10.5. The first-order valence-electron chi connectivity index (χ1n) is 2.77. The lowest BCUT2D eigenvalue weighted by Crippen LogP contribution is -2.18. The summed E-state index contributed by atoms with van der Waals surface area (Å²) in [5.74, 6) is -0.124. The van der Waals surface area contributed by atoms with Gasteiger partial charge in [0.15, 0.2) is 6.23 Å². The van der Waals surface area contributed by atoms with Crippen LogP contribution < -0.4 is 5.32 Å². The number of ether oxygens (including phenoxy) is 1. The summed E-state index contributed by atoms with van der Waals surface area (Å²) in [6.45, 7) is 0. The molecule has 3 nitrogen and oxygen atoms in total. The summed E-state index contributed by atoms with van der Waals surface area (Å²) in [7, 11) is 0. The molecule has 2 aliphatic heterocycles. The number of nitrogens with zero attached hydrogens (tertiary/aromatic N) is 1. The molecule has 2 atom stereocenters. The first-order chi connectivity index (χ1) is 3.86. The van der Waals surface area contributed by atoms with E-state index >= 15 is 0 Å². The van der Waals surface area contributed by atoms with Crippen molar-refractivity contribution in [3.05, 3.63) is 0 Å². The Hall–Kier alpha value is -0.570. The van der Waals surface area contributed by atoms with Crippen LogP contribution in [0.15, 0.2) is 0 Å². The molecule has 2 aliphatic rings. The van der Waals surface area contributed by atoms with Crippen molar-refractivity contribution in [3.63, 3.8) is 0 Å². The molecule has 0 aromatic heterocycles. The lowest BCUT2D eigenvalue weighted by molar-refractivity contribution is -0.145. The largest absolute Gasteiger partial charge is 0.444 e. The summed E-state index contributed by atoms with van der Waals surface area (Å²) in [6, 6.07) is -0.0972. The van der Waals surface area contributed by atoms with Crippen LogP contribution in [0.4, 0.5) is 0 Å². The monoisotopic (exact) mass is 112 g/mol. The van der Waals surface area contributed by atoms with Crippen molar-refractivity contribution in [2.24, 2.45) is 0 Å². The van der Waals surface area contributed by atoms with E-state index in [1.165, 1.54) is 0 Å². The third-order valence-electron chi connectivity index (χ3n) is 1.56. The molecule has 2 heterocycles. The maximum Gasteiger partial charge on any atom is 0.326 e. The van der Waals surface area contributed by atoms with E-state index in [0.29, 0.717) is 0 Å². The molecule has 2 saturated heterocycles. The Morgan fingerprint density at radius 3 is 2.75 bits per heavy atom. The van der Waals surface area contributed by atoms with Crippen LogP contribution in [-0.4, -0.2) is 18.2 Å². The Bertz CT molecular complexity index is 134. The Morgan fingerprint density at radius 1 is 1.62 bits per heavy atom. The van der Waals surface area contributed by atoms with Gasteiger partial charge in [0.2, 0.25) is 0 Å². The van der Waals surface area contributed by atoms with E-state index in [9.17, 15) is 4.79 Å². The average molecular weight is 112 g/mol. The Kier molecular flexibility index (Phi) is 0.663. The molecule has 0 N–H and O–H groups in total. The average Bonchev–Trinajstić information content (AvgIpc) is 2.23. The maximum atomic E-state index is 10.5. The van der Waals surface area contributed by atoms with E-state index in [1.807, 2.05) is 0 Å². The summed E-state index contributed by atoms with van der Waals surface area (Å²) in [6.07, 6.45) is 1.77. The Balaban J connectivity index is 2.22. The molecule has 0 aromatic rings. The van der Waals surface area contributed by atoms with E-state index in [1.54, 1.807) is 0 Å². The van der Waals surface area contributed by atoms with Crippen LogP contribution in [0.5, 0.6) is 0 Å². The highest BCUT2D eigenvalue weighted by atomic mass is 16.6. The smallest absolute Gasteiger partial charge is 0.326 e. The first kappa shape index (κ1) is 4.32. The third-order valence-corrected chi connectivity index (χ3v) is 1.56. The Morgan fingerprint density at radius 2 is 2.50 bits per heavy atom. The molecule has 0 aromatic carbocycles. The van der Waals surface area contributed by atoms with Crippen LogP contribution in [-0.2, 0) is 9.53 Å². The fraction of sp³-hybridized carbons (Fsp3) is 0.800. The number of esters is 1. The fourth-order valence-corrected chi connectivity index (χ4v) is 1.13. The second kappa shape index (κ2) is 1.23. The molecule has 1 radical (unpaired) electrons. The van der Waals surface area contributed by atoms with Crippen molar-refractivity contribution in [2.75, 3.05) is 0 Å². The lowest BCUT2D eigenvalue weighted by Gasteiger charge is -2.04. The van der Waals surface area contributed by atoms with Crippen LogP contribution in [0, 0.1) is 0 Å². The van der Waals surface area contributed by atoms with Crippen molar-refractivity contribution in [3.8, 4) is 0 Å². The summed E-state index contributed by atoms with van der Waals surface area (Å²) < 4.78 is 4.75. The number of carbonyl (C=O) groups excluding carboxylic acids is 1. The van der Waals surface area contributed by atoms with E-state index in [2.05, 4.69) is 5.32 Å². The number of rotatable bonds is 0. The van der Waals surface area contributed by atoms with Gasteiger partial charge in [0.25, 0.3) is 0 Å². The van der Waals surface area contributed by atoms with Gasteiger partial charge < -0.3 is 4.74 Å². The normalized spacial score (nSPS) is 42.8. The van der Waals surface area contributed by atoms with Gasteiger partial charge in [0.05, 0.1) is 0 Å². The van der Waals surface area contributed by atoms with Gasteiger partial charge >= 0.3 is 5.97 Å². The van der Waals surface area contributed by atoms with Gasteiger partial charge in [-0.25, -0.2) is 0 Å². The predicted octanol–water partition coefficient (Wildman–Crippen LogP) is -0.364. The van der Waals surface area contributed by atoms with Gasteiger partial charge in [0.1, 0.15) is 6.04 Å². The second-order valence-corrected chi connectivity index (χ2v) is 2.13. The summed E-state index contributed by atoms with van der Waals surface area (Å²) in [5, 5.41) is 4.01. The molecule has 0 aliphatic carbocycles. The molecule has 43 valence electrons. The summed E-state index contributed by atoms with van der Waals surface area (Å²) in [4.78, 5) is 10.5. The molecular weight excluding hydrogens is 106 g/mol. The summed E-state index contributed by atoms with van der Waals surface area (Å²) >= 11 is 0. The van der Waals surface area contributed by atoms with E-state index in [-0.39, 0.29) is 18.2 Å². The van der Waals surface area contributed by atoms with E-state index < -0.39 is 0 Å². The van der Waals surface area contributed by atoms with Crippen molar-refractivity contribution in [1.82, 2.24) is 5.32 Å². The van der Waals surface area contributed by atoms with Crippen molar-refractivity contribution in [1.29, 1.82) is 0 Å². The zero-order chi connectivity index (χ0) is 5.56. The zero-order valence-corrected chi connectivity index (χ0v) is 4.33. The molecule has 3 heteroatoms. The minimum absolute atomic E-state index is 0.0764. The topological polar surface area (TPSA) is 40.4 Å². The number of hydrogen-bond acceptors (Lipinski definition) is 2. The Labute approximate surface area is 47.0 Å². The molecule has 0 amide bonds. The summed E-state index contributed by atoms with van der Waals surface area (Å²) in [5.41, 5.74) is 0. The van der Waals surface area contributed by atoms with Gasteiger partial charge in [-0.05, 0) is 6.42 Å². The first-order valence-corrected chi connectivity index (χ1v) is 2.77. The minimum atomic E-state index is -0.124. The van der Waals surface area contributed by atoms with Crippen LogP contribution in [0.3, 0.4) is 0 Å². The fourth-order valence-electron chi connectivity index (χ4n) is 1.13. The lowest BCUT2D eigenvalue weighted by atomic mass is 10.2. The predicted molar refractivity (Wildman–Crippen MR) is 25.0 cm³/mol. The second-order valence-electron chi connectivity index (χ2n) is 2.13. The van der Waals surface area contributed by atoms with Gasteiger partial charge in [-0.3, -0.25) is 4.79 Å². The van der Waals surface area contributed by atoms with Crippen LogP contribution >= 0.6 is 0 Å². The molecule has 2 rings (SSSR count). The van der Waals surface area contributed by atoms with Crippen molar-refractivity contribution < 1.29 is 9.53 Å². The molecule has 2 bridgehead atoms. The van der Waals surface area contributed by atoms with E-state index in [4.69, 9.17) is 4.74 Å². The van der Waals surface area contributed by atoms with Crippen LogP contribution in [0.2, 0.25) is 0 Å². The molecule has 0 spiro atoms. The molecular formula is C5H6NO2. The molecule has 2 fully saturated rings. The number of hydrogen-bond donors (Lipinski definition) is 0. The van der Waals surface area contributed by atoms with Gasteiger partial charge in [0, 0.05) is 6.42 Å². The quantitative estimate of drug-likeness (QED) is 0.401. The number of carbonyl (C=O) groups is 1. The SMILES string of the molecule is O=C1OC2CCC1[N]2. The highest BCUT2D eigenvalue weighted by Gasteiger charge is 2.41. The van der Waals surface area contributed by atoms with Crippen LogP contribution in [0.25, 0.3) is 0 Å². The third kappa shape index (κ3) is 0.395. The molecule has 2 unspecified atom stereocenters. The van der Waals surface area contributed by atoms with Gasteiger partial charge in [-0.15, -0.1) is 0 Å². The molecule has 8 heavy (non-hydrogen) atoms. The highest BCUT2D eigenvalue weighted by molar-refractivity contribution is 5.78. The van der Waals surface area contributed by atoms with Gasteiger partial charge in [-0.2, -0.15) is 5.32 Å². The van der Waals surface area contributed by atoms with Crippen LogP contribution in [0.1, 0.15) is 12.8 Å². The van der Waals surface area contributed by atoms with Gasteiger partial charge in [-0.1, -0.05) is 0 Å². The zero-order valence-electron chi connectivity index (χ0n) is 4.33. The minimum Gasteiger partial charge on any atom is -0.444 e. The van der Waals surface area contributed by atoms with E-state index in [0.717, 1.165) is 12.8 Å². The van der Waals surface area contributed by atoms with Crippen molar-refractivity contribution >= 4 is 5.97 Å². The number of fused-ring (bicyclic) bond motifs is 2. The highest BCUT2D eigenvalue weighted by Crippen LogP contribution is 2.23. The molecule has 0 saturated carbocycles.